The highest BCUT2D eigenvalue weighted by Gasteiger charge is 2.30. The molecule has 0 bridgehead atoms. The van der Waals surface area contributed by atoms with E-state index in [0.717, 1.165) is 24.3 Å². The average Bonchev–Trinajstić information content (AvgIpc) is 2.38. The quantitative estimate of drug-likeness (QED) is 0.337. The Bertz CT molecular complexity index is 615. The number of nitrogens with one attached hydrogen (secondary N) is 2. The summed E-state index contributed by atoms with van der Waals surface area (Å²) in [6.07, 6.45) is -5.84. The van der Waals surface area contributed by atoms with Gasteiger partial charge in [-0.15, -0.1) is 0 Å². The topological polar surface area (TPSA) is 90.2 Å². The number of benzene rings is 1. The van der Waals surface area contributed by atoms with Crippen molar-refractivity contribution in [2.45, 2.75) is 25.6 Å². The zero-order valence-electron chi connectivity index (χ0n) is 11.5. The summed E-state index contributed by atoms with van der Waals surface area (Å²) in [5, 5.41) is 18.2. The molecule has 118 valence electrons. The number of alkyl halides is 3. The van der Waals surface area contributed by atoms with E-state index in [1.165, 1.54) is 6.92 Å². The molecular weight excluding hydrogens is 301 g/mol. The first-order valence-electron chi connectivity index (χ1n) is 6.14. The lowest BCUT2D eigenvalue weighted by Gasteiger charge is -2.09. The number of ketones is 1. The highest BCUT2D eigenvalue weighted by molar-refractivity contribution is 6.28. The second-order valence-corrected chi connectivity index (χ2v) is 4.51. The van der Waals surface area contributed by atoms with Crippen molar-refractivity contribution >= 4 is 23.2 Å². The number of anilines is 1. The first-order valence-corrected chi connectivity index (χ1v) is 6.14. The van der Waals surface area contributed by atoms with E-state index < -0.39 is 35.1 Å². The fraction of sp³-hybridized carbons (Fsp3) is 0.286. The van der Waals surface area contributed by atoms with E-state index in [0.29, 0.717) is 0 Å². The molecule has 1 aromatic carbocycles. The highest BCUT2D eigenvalue weighted by Crippen LogP contribution is 2.29. The minimum Gasteiger partial charge on any atom is -0.393 e. The number of hydrogen-bond acceptors (Lipinski definition) is 4. The molecule has 0 aliphatic carbocycles. The predicted molar refractivity (Wildman–Crippen MR) is 72.6 cm³/mol. The molecule has 1 amide bonds. The molecule has 0 spiro atoms. The lowest BCUT2D eigenvalue weighted by molar-refractivity contribution is -0.137. The van der Waals surface area contributed by atoms with Gasteiger partial charge in [-0.2, -0.15) is 13.2 Å². The zero-order chi connectivity index (χ0) is 16.9. The van der Waals surface area contributed by atoms with Crippen LogP contribution in [0.5, 0.6) is 0 Å². The van der Waals surface area contributed by atoms with Gasteiger partial charge in [-0.25, -0.2) is 0 Å². The van der Waals surface area contributed by atoms with E-state index in [1.54, 1.807) is 5.87 Å². The molecule has 3 N–H and O–H groups in total. The number of rotatable bonds is 5. The molecule has 0 fully saturated rings. The summed E-state index contributed by atoms with van der Waals surface area (Å²) < 4.78 is 37.2. The summed E-state index contributed by atoms with van der Waals surface area (Å²) in [4.78, 5) is 23.4. The van der Waals surface area contributed by atoms with E-state index in [2.05, 4.69) is 5.32 Å². The molecule has 0 aliphatic heterocycles. The molecule has 1 rings (SSSR count). The van der Waals surface area contributed by atoms with Crippen LogP contribution in [-0.4, -0.2) is 28.8 Å². The van der Waals surface area contributed by atoms with Gasteiger partial charge in [0.1, 0.15) is 5.57 Å². The van der Waals surface area contributed by atoms with Crippen LogP contribution >= 0.6 is 0 Å². The zero-order valence-corrected chi connectivity index (χ0v) is 11.5. The summed E-state index contributed by atoms with van der Waals surface area (Å²) >= 11 is 0. The van der Waals surface area contributed by atoms with Gasteiger partial charge in [0, 0.05) is 12.1 Å². The molecule has 22 heavy (non-hydrogen) atoms. The molecule has 1 atom stereocenters. The number of carbonyl (C=O) groups excluding carboxylic acids is 2. The Balaban J connectivity index is 2.83. The van der Waals surface area contributed by atoms with Crippen LogP contribution in [0.1, 0.15) is 18.9 Å². The third-order valence-corrected chi connectivity index (χ3v) is 2.58. The number of hydrogen-bond donors (Lipinski definition) is 3. The van der Waals surface area contributed by atoms with Gasteiger partial charge < -0.3 is 10.4 Å². The molecule has 8 heteroatoms. The summed E-state index contributed by atoms with van der Waals surface area (Å²) in [7, 11) is 0. The van der Waals surface area contributed by atoms with Crippen molar-refractivity contribution < 1.29 is 27.9 Å². The second-order valence-electron chi connectivity index (χ2n) is 4.51. The molecule has 1 unspecified atom stereocenters. The summed E-state index contributed by atoms with van der Waals surface area (Å²) in [6, 6.07) is 3.62. The summed E-state index contributed by atoms with van der Waals surface area (Å²) in [6.45, 7) is 1.34. The van der Waals surface area contributed by atoms with Gasteiger partial charge in [0.2, 0.25) is 0 Å². The van der Waals surface area contributed by atoms with Crippen LogP contribution in [0, 0.1) is 5.41 Å². The number of aliphatic hydroxyl groups excluding tert-OH is 1. The predicted octanol–water partition coefficient (Wildman–Crippen LogP) is 2.16. The minimum atomic E-state index is -4.49. The van der Waals surface area contributed by atoms with E-state index in [1.807, 2.05) is 0 Å². The van der Waals surface area contributed by atoms with Crippen molar-refractivity contribution in [2.75, 3.05) is 5.32 Å². The SMILES string of the molecule is CC(O)CC(=O)C(=C=N)C(=O)Nc1ccc(C(F)(F)F)cc1. The molecule has 0 radical (unpaired) electrons. The number of Topliss-reactive ketones (excluding diaryl/α,β-unsaturated/α-hetero) is 1. The standard InChI is InChI=1S/C14H13F3N2O3/c1-8(20)6-12(21)11(7-18)13(22)19-10-4-2-9(3-5-10)14(15,16)17/h2-5,8,18,20H,6H2,1H3,(H,19,22). The van der Waals surface area contributed by atoms with Crippen LogP contribution in [0.3, 0.4) is 0 Å². The second kappa shape index (κ2) is 7.02. The van der Waals surface area contributed by atoms with Gasteiger partial charge in [0.25, 0.3) is 5.91 Å². The Kier molecular flexibility index (Phi) is 5.62. The number of carbonyl (C=O) groups is 2. The number of aliphatic hydroxyl groups is 1. The van der Waals surface area contributed by atoms with Crippen LogP contribution in [0.25, 0.3) is 0 Å². The maximum Gasteiger partial charge on any atom is 0.416 e. The van der Waals surface area contributed by atoms with Gasteiger partial charge in [-0.1, -0.05) is 0 Å². The minimum absolute atomic E-state index is 0.0376. The van der Waals surface area contributed by atoms with Gasteiger partial charge in [0.05, 0.1) is 11.7 Å². The molecule has 0 aromatic heterocycles. The monoisotopic (exact) mass is 314 g/mol. The van der Waals surface area contributed by atoms with Crippen LogP contribution in [-0.2, 0) is 15.8 Å². The van der Waals surface area contributed by atoms with Crippen molar-refractivity contribution in [3.8, 4) is 0 Å². The Morgan fingerprint density at radius 2 is 1.86 bits per heavy atom. The van der Waals surface area contributed by atoms with Gasteiger partial charge in [-0.3, -0.25) is 15.0 Å². The Labute approximate surface area is 124 Å². The van der Waals surface area contributed by atoms with E-state index >= 15 is 0 Å². The normalized spacial score (nSPS) is 12.2. The van der Waals surface area contributed by atoms with Gasteiger partial charge in [0.15, 0.2) is 5.78 Å². The first kappa shape index (κ1) is 17.6. The Hall–Kier alpha value is -2.44. The van der Waals surface area contributed by atoms with E-state index in [9.17, 15) is 22.8 Å². The average molecular weight is 314 g/mol. The third-order valence-electron chi connectivity index (χ3n) is 2.58. The van der Waals surface area contributed by atoms with Crippen molar-refractivity contribution in [3.05, 3.63) is 35.4 Å². The van der Waals surface area contributed by atoms with Crippen LogP contribution < -0.4 is 5.32 Å². The van der Waals surface area contributed by atoms with E-state index in [-0.39, 0.29) is 12.1 Å². The smallest absolute Gasteiger partial charge is 0.393 e. The van der Waals surface area contributed by atoms with Crippen molar-refractivity contribution in [1.82, 2.24) is 0 Å². The van der Waals surface area contributed by atoms with Crippen LogP contribution in [0.4, 0.5) is 18.9 Å². The van der Waals surface area contributed by atoms with Crippen molar-refractivity contribution in [1.29, 1.82) is 5.41 Å². The molecule has 0 heterocycles. The summed E-state index contributed by atoms with van der Waals surface area (Å²) in [5.74, 6) is -0.0780. The highest BCUT2D eigenvalue weighted by atomic mass is 19.4. The fourth-order valence-corrected chi connectivity index (χ4v) is 1.56. The molecule has 1 aromatic rings. The fourth-order valence-electron chi connectivity index (χ4n) is 1.56. The first-order chi connectivity index (χ1) is 10.1. The van der Waals surface area contributed by atoms with Crippen LogP contribution in [0.15, 0.2) is 29.8 Å². The lowest BCUT2D eigenvalue weighted by Crippen LogP contribution is -2.23. The Morgan fingerprint density at radius 3 is 2.27 bits per heavy atom. The lowest BCUT2D eigenvalue weighted by atomic mass is 10.1. The van der Waals surface area contributed by atoms with Crippen LogP contribution in [0.2, 0.25) is 0 Å². The van der Waals surface area contributed by atoms with E-state index in [4.69, 9.17) is 10.5 Å². The maximum absolute atomic E-state index is 12.4. The molecule has 0 saturated heterocycles. The third kappa shape index (κ3) is 4.83. The van der Waals surface area contributed by atoms with Crippen molar-refractivity contribution in [3.63, 3.8) is 0 Å². The summed E-state index contributed by atoms with van der Waals surface area (Å²) in [5.41, 5.74) is -1.45. The molecule has 0 saturated carbocycles. The van der Waals surface area contributed by atoms with Gasteiger partial charge >= 0.3 is 6.18 Å². The van der Waals surface area contributed by atoms with Crippen molar-refractivity contribution in [2.24, 2.45) is 0 Å². The maximum atomic E-state index is 12.4. The molecule has 0 aliphatic rings. The number of amides is 1. The Morgan fingerprint density at radius 1 is 1.32 bits per heavy atom. The largest absolute Gasteiger partial charge is 0.416 e. The number of halogens is 3. The molecular formula is C14H13F3N2O3. The molecule has 5 nitrogen and oxygen atoms in total. The van der Waals surface area contributed by atoms with Gasteiger partial charge in [-0.05, 0) is 37.1 Å².